The van der Waals surface area contributed by atoms with Crippen LogP contribution in [0.3, 0.4) is 0 Å². The van der Waals surface area contributed by atoms with E-state index in [9.17, 15) is 4.79 Å². The van der Waals surface area contributed by atoms with Crippen molar-refractivity contribution in [1.29, 1.82) is 0 Å². The van der Waals surface area contributed by atoms with Gasteiger partial charge in [-0.2, -0.15) is 0 Å². The van der Waals surface area contributed by atoms with Gasteiger partial charge < -0.3 is 16.0 Å². The molecule has 3 rings (SSSR count). The van der Waals surface area contributed by atoms with Crippen molar-refractivity contribution in [1.82, 2.24) is 9.88 Å². The molecule has 7 heteroatoms. The van der Waals surface area contributed by atoms with E-state index >= 15 is 4.39 Å². The topological polar surface area (TPSA) is 71.2 Å². The molecule has 0 bridgehead atoms. The second-order valence-corrected chi connectivity index (χ2v) is 6.74. The van der Waals surface area contributed by atoms with E-state index in [2.05, 4.69) is 10.3 Å². The predicted molar refractivity (Wildman–Crippen MR) is 98.6 cm³/mol. The zero-order chi connectivity index (χ0) is 18.3. The fourth-order valence-electron chi connectivity index (χ4n) is 2.88. The lowest BCUT2D eigenvalue weighted by atomic mass is 9.98. The molecule has 0 spiro atoms. The van der Waals surface area contributed by atoms with E-state index in [1.54, 1.807) is 21.1 Å². The minimum absolute atomic E-state index is 0.0956. The Bertz CT molecular complexity index is 849. The number of pyridine rings is 1. The lowest BCUT2D eigenvalue weighted by Gasteiger charge is -2.17. The molecule has 1 aliphatic carbocycles. The highest BCUT2D eigenvalue weighted by atomic mass is 35.5. The minimum atomic E-state index is -0.679. The number of nitrogens with two attached hydrogens (primary N) is 1. The van der Waals surface area contributed by atoms with Crippen LogP contribution in [0.25, 0.3) is 11.1 Å². The van der Waals surface area contributed by atoms with Crippen molar-refractivity contribution < 1.29 is 9.18 Å². The summed E-state index contributed by atoms with van der Waals surface area (Å²) < 4.78 is 15.1. The molecule has 0 saturated heterocycles. The summed E-state index contributed by atoms with van der Waals surface area (Å²) in [7, 11) is 4.88. The Morgan fingerprint density at radius 3 is 2.60 bits per heavy atom. The fourth-order valence-corrected chi connectivity index (χ4v) is 3.27. The number of nitrogens with one attached hydrogen (secondary N) is 1. The highest BCUT2D eigenvalue weighted by Gasteiger charge is 2.31. The second-order valence-electron chi connectivity index (χ2n) is 6.36. The summed E-state index contributed by atoms with van der Waals surface area (Å²) in [5.74, 6) is -0.129. The molecule has 132 valence electrons. The number of aromatic nitrogens is 1. The second kappa shape index (κ2) is 6.52. The monoisotopic (exact) mass is 362 g/mol. The zero-order valence-corrected chi connectivity index (χ0v) is 15.1. The van der Waals surface area contributed by atoms with Crippen LogP contribution >= 0.6 is 11.6 Å². The molecule has 3 N–H and O–H groups in total. The molecule has 5 nitrogen and oxygen atoms in total. The standard InChI is InChI=1S/C18H20ClFN4O/c1-22-17-13(9-4-5-9)15(19)11(8-23-17)10-6-7-12(21)14(16(10)20)18(25)24(2)3/h6-9H,4-5,21H2,1-3H3,(H,22,23). The van der Waals surface area contributed by atoms with Gasteiger partial charge >= 0.3 is 0 Å². The molecule has 1 fully saturated rings. The van der Waals surface area contributed by atoms with Gasteiger partial charge in [-0.1, -0.05) is 11.6 Å². The van der Waals surface area contributed by atoms with E-state index < -0.39 is 11.7 Å². The maximum Gasteiger partial charge on any atom is 0.258 e. The number of nitrogen functional groups attached to an aromatic ring is 1. The van der Waals surface area contributed by atoms with Crippen LogP contribution < -0.4 is 11.1 Å². The lowest BCUT2D eigenvalue weighted by Crippen LogP contribution is -2.24. The van der Waals surface area contributed by atoms with Gasteiger partial charge in [-0.25, -0.2) is 9.37 Å². The number of hydrogen-bond donors (Lipinski definition) is 2. The number of benzene rings is 1. The Hall–Kier alpha value is -2.34. The van der Waals surface area contributed by atoms with Crippen LogP contribution in [-0.2, 0) is 0 Å². The van der Waals surface area contributed by atoms with Gasteiger partial charge in [0.2, 0.25) is 0 Å². The van der Waals surface area contributed by atoms with Crippen molar-refractivity contribution in [2.75, 3.05) is 32.2 Å². The number of amides is 1. The molecule has 0 aliphatic heterocycles. The first-order valence-electron chi connectivity index (χ1n) is 8.03. The Morgan fingerprint density at radius 2 is 2.04 bits per heavy atom. The Morgan fingerprint density at radius 1 is 1.36 bits per heavy atom. The first-order valence-corrected chi connectivity index (χ1v) is 8.40. The van der Waals surface area contributed by atoms with Crippen LogP contribution in [0, 0.1) is 5.82 Å². The van der Waals surface area contributed by atoms with Crippen LogP contribution in [0.5, 0.6) is 0 Å². The van der Waals surface area contributed by atoms with Crippen LogP contribution in [0.2, 0.25) is 5.02 Å². The average Bonchev–Trinajstić information content (AvgIpc) is 3.39. The van der Waals surface area contributed by atoms with Crippen molar-refractivity contribution in [3.05, 3.63) is 40.3 Å². The third-order valence-corrected chi connectivity index (χ3v) is 4.76. The first-order chi connectivity index (χ1) is 11.9. The van der Waals surface area contributed by atoms with Crippen LogP contribution in [0.15, 0.2) is 18.3 Å². The summed E-state index contributed by atoms with van der Waals surface area (Å²) in [6, 6.07) is 3.06. The third kappa shape index (κ3) is 3.02. The maximum atomic E-state index is 15.1. The summed E-state index contributed by atoms with van der Waals surface area (Å²) in [5, 5.41) is 3.50. The highest BCUT2D eigenvalue weighted by Crippen LogP contribution is 2.48. The molecule has 1 aromatic carbocycles. The van der Waals surface area contributed by atoms with Crippen molar-refractivity contribution in [2.45, 2.75) is 18.8 Å². The van der Waals surface area contributed by atoms with Crippen molar-refractivity contribution in [3.8, 4) is 11.1 Å². The number of anilines is 2. The quantitative estimate of drug-likeness (QED) is 0.813. The lowest BCUT2D eigenvalue weighted by molar-refractivity contribution is 0.0824. The number of carbonyl (C=O) groups excluding carboxylic acids is 1. The highest BCUT2D eigenvalue weighted by molar-refractivity contribution is 6.34. The summed E-state index contributed by atoms with van der Waals surface area (Å²) in [6.45, 7) is 0. The summed E-state index contributed by atoms with van der Waals surface area (Å²) in [4.78, 5) is 18.0. The van der Waals surface area contributed by atoms with Crippen molar-refractivity contribution in [3.63, 3.8) is 0 Å². The number of halogens is 2. The van der Waals surface area contributed by atoms with E-state index in [0.29, 0.717) is 22.3 Å². The molecule has 1 heterocycles. The Balaban J connectivity index is 2.19. The summed E-state index contributed by atoms with van der Waals surface area (Å²) in [5.41, 5.74) is 7.37. The Labute approximate surface area is 151 Å². The normalized spacial score (nSPS) is 13.6. The molecule has 1 aliphatic rings. The van der Waals surface area contributed by atoms with E-state index in [1.807, 2.05) is 0 Å². The van der Waals surface area contributed by atoms with Gasteiger partial charge in [0.25, 0.3) is 5.91 Å². The molecular weight excluding hydrogens is 343 g/mol. The largest absolute Gasteiger partial charge is 0.398 e. The molecular formula is C18H20ClFN4O. The summed E-state index contributed by atoms with van der Waals surface area (Å²) >= 11 is 6.60. The maximum absolute atomic E-state index is 15.1. The smallest absolute Gasteiger partial charge is 0.258 e. The van der Waals surface area contributed by atoms with Gasteiger partial charge in [0.05, 0.1) is 10.6 Å². The molecule has 1 amide bonds. The molecule has 2 aromatic rings. The van der Waals surface area contributed by atoms with Gasteiger partial charge in [-0.05, 0) is 30.9 Å². The zero-order valence-electron chi connectivity index (χ0n) is 14.4. The molecule has 0 unspecified atom stereocenters. The van der Waals surface area contributed by atoms with Gasteiger partial charge in [0.15, 0.2) is 0 Å². The SMILES string of the molecule is CNc1ncc(-c2ccc(N)c(C(=O)N(C)C)c2F)c(Cl)c1C1CC1. The van der Waals surface area contributed by atoms with Crippen LogP contribution in [0.4, 0.5) is 15.9 Å². The fraction of sp³-hybridized carbons (Fsp3) is 0.333. The summed E-state index contributed by atoms with van der Waals surface area (Å²) in [6.07, 6.45) is 3.60. The van der Waals surface area contributed by atoms with E-state index in [1.165, 1.54) is 23.2 Å². The first kappa shape index (κ1) is 17.5. The molecule has 1 aromatic heterocycles. The third-order valence-electron chi connectivity index (χ3n) is 4.36. The van der Waals surface area contributed by atoms with Gasteiger partial charge in [0.1, 0.15) is 11.6 Å². The average molecular weight is 363 g/mol. The molecule has 0 atom stereocenters. The molecule has 1 saturated carbocycles. The van der Waals surface area contributed by atoms with Crippen molar-refractivity contribution in [2.24, 2.45) is 0 Å². The van der Waals surface area contributed by atoms with Crippen LogP contribution in [0.1, 0.15) is 34.7 Å². The van der Waals surface area contributed by atoms with E-state index in [-0.39, 0.29) is 16.8 Å². The van der Waals surface area contributed by atoms with E-state index in [0.717, 1.165) is 18.4 Å². The van der Waals surface area contributed by atoms with Gasteiger partial charge in [-0.15, -0.1) is 0 Å². The predicted octanol–water partition coefficient (Wildman–Crippen LogP) is 3.74. The number of rotatable bonds is 4. The molecule has 0 radical (unpaired) electrons. The van der Waals surface area contributed by atoms with Gasteiger partial charge in [0, 0.05) is 49.7 Å². The number of hydrogen-bond acceptors (Lipinski definition) is 4. The van der Waals surface area contributed by atoms with Gasteiger partial charge in [-0.3, -0.25) is 4.79 Å². The molecule has 25 heavy (non-hydrogen) atoms. The van der Waals surface area contributed by atoms with E-state index in [4.69, 9.17) is 17.3 Å². The number of carbonyl (C=O) groups is 1. The number of nitrogens with zero attached hydrogens (tertiary/aromatic N) is 2. The van der Waals surface area contributed by atoms with Crippen LogP contribution in [-0.4, -0.2) is 36.9 Å². The minimum Gasteiger partial charge on any atom is -0.398 e. The van der Waals surface area contributed by atoms with Crippen molar-refractivity contribution >= 4 is 29.0 Å². The Kier molecular flexibility index (Phi) is 4.56.